The van der Waals surface area contributed by atoms with Crippen LogP contribution in [0.1, 0.15) is 13.3 Å². The van der Waals surface area contributed by atoms with Gasteiger partial charge in [0.2, 0.25) is 5.91 Å². The van der Waals surface area contributed by atoms with E-state index in [4.69, 9.17) is 10.5 Å². The standard InChI is InChI=1S/C11H16N2O2/c1-2-15-8-7-11(14)13-10-6-4-3-5-9(10)12/h3-6H,2,7-8,12H2,1H3,(H,13,14). The zero-order valence-electron chi connectivity index (χ0n) is 8.82. The molecule has 0 spiro atoms. The number of nitrogens with one attached hydrogen (secondary N) is 1. The molecule has 0 aliphatic carbocycles. The number of nitrogens with two attached hydrogens (primary N) is 1. The number of carbonyl (C=O) groups excluding carboxylic acids is 1. The summed E-state index contributed by atoms with van der Waals surface area (Å²) in [7, 11) is 0. The fourth-order valence-electron chi connectivity index (χ4n) is 1.13. The molecule has 0 bridgehead atoms. The SMILES string of the molecule is CCOCCC(=O)Nc1ccccc1N. The van der Waals surface area contributed by atoms with Gasteiger partial charge in [-0.2, -0.15) is 0 Å². The highest BCUT2D eigenvalue weighted by Crippen LogP contribution is 2.16. The highest BCUT2D eigenvalue weighted by atomic mass is 16.5. The summed E-state index contributed by atoms with van der Waals surface area (Å²) in [6.07, 6.45) is 0.349. The third-order valence-electron chi connectivity index (χ3n) is 1.91. The molecule has 15 heavy (non-hydrogen) atoms. The first-order chi connectivity index (χ1) is 7.24. The summed E-state index contributed by atoms with van der Waals surface area (Å²) in [5.74, 6) is -0.0821. The van der Waals surface area contributed by atoms with E-state index in [-0.39, 0.29) is 5.91 Å². The van der Waals surface area contributed by atoms with E-state index in [1.807, 2.05) is 19.1 Å². The molecule has 0 saturated carbocycles. The van der Waals surface area contributed by atoms with E-state index < -0.39 is 0 Å². The topological polar surface area (TPSA) is 64.3 Å². The monoisotopic (exact) mass is 208 g/mol. The van der Waals surface area contributed by atoms with Crippen molar-refractivity contribution in [1.82, 2.24) is 0 Å². The third-order valence-corrected chi connectivity index (χ3v) is 1.91. The number of hydrogen-bond acceptors (Lipinski definition) is 3. The quantitative estimate of drug-likeness (QED) is 0.571. The van der Waals surface area contributed by atoms with Gasteiger partial charge in [-0.25, -0.2) is 0 Å². The van der Waals surface area contributed by atoms with Crippen LogP contribution in [0.4, 0.5) is 11.4 Å². The van der Waals surface area contributed by atoms with Gasteiger partial charge in [-0.05, 0) is 19.1 Å². The Balaban J connectivity index is 2.41. The number of hydrogen-bond donors (Lipinski definition) is 2. The maximum atomic E-state index is 11.4. The summed E-state index contributed by atoms with van der Waals surface area (Å²) < 4.78 is 5.08. The Kier molecular flexibility index (Phi) is 4.63. The van der Waals surface area contributed by atoms with E-state index in [2.05, 4.69) is 5.32 Å². The average Bonchev–Trinajstić information content (AvgIpc) is 2.22. The van der Waals surface area contributed by atoms with Gasteiger partial charge in [0.1, 0.15) is 0 Å². The Hall–Kier alpha value is -1.55. The number of anilines is 2. The molecule has 1 amide bonds. The predicted octanol–water partition coefficient (Wildman–Crippen LogP) is 1.63. The molecule has 0 heterocycles. The molecule has 82 valence electrons. The molecule has 0 radical (unpaired) electrons. The van der Waals surface area contributed by atoms with E-state index in [1.54, 1.807) is 12.1 Å². The van der Waals surface area contributed by atoms with Gasteiger partial charge in [-0.15, -0.1) is 0 Å². The van der Waals surface area contributed by atoms with Crippen LogP contribution < -0.4 is 11.1 Å². The zero-order chi connectivity index (χ0) is 11.1. The van der Waals surface area contributed by atoms with Crippen LogP contribution in [0.25, 0.3) is 0 Å². The van der Waals surface area contributed by atoms with Gasteiger partial charge in [-0.3, -0.25) is 4.79 Å². The van der Waals surface area contributed by atoms with Gasteiger partial charge in [-0.1, -0.05) is 12.1 Å². The van der Waals surface area contributed by atoms with Crippen LogP contribution in [-0.4, -0.2) is 19.1 Å². The van der Waals surface area contributed by atoms with E-state index in [0.29, 0.717) is 31.0 Å². The Labute approximate surface area is 89.4 Å². The fraction of sp³-hybridized carbons (Fsp3) is 0.364. The lowest BCUT2D eigenvalue weighted by Gasteiger charge is -2.07. The molecule has 4 heteroatoms. The second-order valence-corrected chi connectivity index (χ2v) is 3.08. The molecule has 1 aromatic rings. The summed E-state index contributed by atoms with van der Waals surface area (Å²) in [5.41, 5.74) is 6.90. The first-order valence-electron chi connectivity index (χ1n) is 4.96. The molecule has 3 N–H and O–H groups in total. The molecule has 0 aliphatic heterocycles. The number of benzene rings is 1. The Morgan fingerprint density at radius 2 is 2.20 bits per heavy atom. The lowest BCUT2D eigenvalue weighted by Crippen LogP contribution is -2.15. The lowest BCUT2D eigenvalue weighted by atomic mass is 10.2. The largest absolute Gasteiger partial charge is 0.397 e. The number of carbonyl (C=O) groups is 1. The predicted molar refractivity (Wildman–Crippen MR) is 60.6 cm³/mol. The molecule has 0 aliphatic rings. The summed E-state index contributed by atoms with van der Waals surface area (Å²) in [6, 6.07) is 7.17. The average molecular weight is 208 g/mol. The highest BCUT2D eigenvalue weighted by Gasteiger charge is 2.03. The first-order valence-corrected chi connectivity index (χ1v) is 4.96. The van der Waals surface area contributed by atoms with Crippen molar-refractivity contribution in [2.24, 2.45) is 0 Å². The molecule has 0 unspecified atom stereocenters. The van der Waals surface area contributed by atoms with Crippen molar-refractivity contribution >= 4 is 17.3 Å². The second-order valence-electron chi connectivity index (χ2n) is 3.08. The molecule has 0 fully saturated rings. The van der Waals surface area contributed by atoms with E-state index in [9.17, 15) is 4.79 Å². The second kappa shape index (κ2) is 6.03. The summed E-state index contributed by atoms with van der Waals surface area (Å²) >= 11 is 0. The minimum atomic E-state index is -0.0821. The summed E-state index contributed by atoms with van der Waals surface area (Å²) in [6.45, 7) is 2.96. The van der Waals surface area contributed by atoms with Crippen LogP contribution in [0.2, 0.25) is 0 Å². The lowest BCUT2D eigenvalue weighted by molar-refractivity contribution is -0.117. The van der Waals surface area contributed by atoms with Crippen molar-refractivity contribution in [3.63, 3.8) is 0 Å². The molecule has 0 saturated heterocycles. The van der Waals surface area contributed by atoms with E-state index >= 15 is 0 Å². The van der Waals surface area contributed by atoms with Crippen LogP contribution in [0.15, 0.2) is 24.3 Å². The highest BCUT2D eigenvalue weighted by molar-refractivity contribution is 5.93. The number of amides is 1. The van der Waals surface area contributed by atoms with Crippen molar-refractivity contribution in [2.75, 3.05) is 24.3 Å². The number of nitrogen functional groups attached to an aromatic ring is 1. The molecule has 0 aromatic heterocycles. The minimum absolute atomic E-state index is 0.0821. The van der Waals surface area contributed by atoms with Crippen LogP contribution in [-0.2, 0) is 9.53 Å². The van der Waals surface area contributed by atoms with Crippen molar-refractivity contribution in [2.45, 2.75) is 13.3 Å². The van der Waals surface area contributed by atoms with E-state index in [0.717, 1.165) is 0 Å². The molecular weight excluding hydrogens is 192 g/mol. The van der Waals surface area contributed by atoms with Gasteiger partial charge in [0, 0.05) is 6.61 Å². The minimum Gasteiger partial charge on any atom is -0.397 e. The zero-order valence-corrected chi connectivity index (χ0v) is 8.82. The molecule has 4 nitrogen and oxygen atoms in total. The first kappa shape index (κ1) is 11.5. The van der Waals surface area contributed by atoms with Crippen molar-refractivity contribution in [3.8, 4) is 0 Å². The number of ether oxygens (including phenoxy) is 1. The van der Waals surface area contributed by atoms with Crippen LogP contribution in [0, 0.1) is 0 Å². The van der Waals surface area contributed by atoms with Crippen LogP contribution >= 0.6 is 0 Å². The summed E-state index contributed by atoms with van der Waals surface area (Å²) in [5, 5.41) is 2.73. The van der Waals surface area contributed by atoms with Gasteiger partial charge in [0.05, 0.1) is 24.4 Å². The van der Waals surface area contributed by atoms with Crippen molar-refractivity contribution < 1.29 is 9.53 Å². The third kappa shape index (κ3) is 3.99. The molecule has 1 rings (SSSR count). The Morgan fingerprint density at radius 1 is 1.47 bits per heavy atom. The van der Waals surface area contributed by atoms with Crippen molar-refractivity contribution in [3.05, 3.63) is 24.3 Å². The molecular formula is C11H16N2O2. The van der Waals surface area contributed by atoms with E-state index in [1.165, 1.54) is 0 Å². The number of rotatable bonds is 5. The van der Waals surface area contributed by atoms with Gasteiger partial charge in [0.25, 0.3) is 0 Å². The van der Waals surface area contributed by atoms with Crippen LogP contribution in [0.3, 0.4) is 0 Å². The van der Waals surface area contributed by atoms with Gasteiger partial charge >= 0.3 is 0 Å². The van der Waals surface area contributed by atoms with Crippen LogP contribution in [0.5, 0.6) is 0 Å². The molecule has 1 aromatic carbocycles. The maximum absolute atomic E-state index is 11.4. The van der Waals surface area contributed by atoms with Gasteiger partial charge in [0.15, 0.2) is 0 Å². The Bertz CT molecular complexity index is 326. The maximum Gasteiger partial charge on any atom is 0.226 e. The number of para-hydroxylation sites is 2. The van der Waals surface area contributed by atoms with Crippen molar-refractivity contribution in [1.29, 1.82) is 0 Å². The Morgan fingerprint density at radius 3 is 2.87 bits per heavy atom. The molecule has 0 atom stereocenters. The normalized spacial score (nSPS) is 9.93. The summed E-state index contributed by atoms with van der Waals surface area (Å²) in [4.78, 5) is 11.4. The van der Waals surface area contributed by atoms with Gasteiger partial charge < -0.3 is 15.8 Å². The smallest absolute Gasteiger partial charge is 0.226 e. The fourth-order valence-corrected chi connectivity index (χ4v) is 1.13.